The summed E-state index contributed by atoms with van der Waals surface area (Å²) in [6.45, 7) is 1.10. The van der Waals surface area contributed by atoms with E-state index in [0.29, 0.717) is 13.1 Å². The highest BCUT2D eigenvalue weighted by Crippen LogP contribution is 2.22. The molecule has 0 saturated carbocycles. The van der Waals surface area contributed by atoms with Gasteiger partial charge in [0.25, 0.3) is 5.91 Å². The molecule has 0 radical (unpaired) electrons. The molecule has 2 heterocycles. The summed E-state index contributed by atoms with van der Waals surface area (Å²) in [5.74, 6) is -1.36. The van der Waals surface area contributed by atoms with Crippen LogP contribution in [0.3, 0.4) is 0 Å². The van der Waals surface area contributed by atoms with Crippen LogP contribution < -0.4 is 4.74 Å². The van der Waals surface area contributed by atoms with E-state index in [9.17, 15) is 13.6 Å². The molecule has 2 aromatic rings. The van der Waals surface area contributed by atoms with E-state index in [4.69, 9.17) is 4.74 Å². The molecule has 1 amide bonds. The van der Waals surface area contributed by atoms with Crippen molar-refractivity contribution < 1.29 is 18.3 Å². The van der Waals surface area contributed by atoms with Gasteiger partial charge in [-0.15, -0.1) is 11.3 Å². The standard InChI is InChI=1S/C16H15F2NO2S/c17-14-2-1-11(9-15(14)18)16(20)19-6-3-12(4-7-19)21-13-5-8-22-10-13/h1-2,5,8-10,12H,3-4,6-7H2. The van der Waals surface area contributed by atoms with E-state index >= 15 is 0 Å². The van der Waals surface area contributed by atoms with E-state index in [0.717, 1.165) is 30.7 Å². The van der Waals surface area contributed by atoms with Crippen molar-refractivity contribution in [3.63, 3.8) is 0 Å². The van der Waals surface area contributed by atoms with E-state index in [2.05, 4.69) is 0 Å². The minimum Gasteiger partial charge on any atom is -0.489 e. The molecule has 0 atom stereocenters. The molecule has 1 fully saturated rings. The number of halogens is 2. The third-order valence-corrected chi connectivity index (χ3v) is 4.36. The average molecular weight is 323 g/mol. The predicted molar refractivity (Wildman–Crippen MR) is 80.2 cm³/mol. The summed E-state index contributed by atoms with van der Waals surface area (Å²) in [6, 6.07) is 5.17. The van der Waals surface area contributed by atoms with Crippen LogP contribution in [-0.4, -0.2) is 30.0 Å². The monoisotopic (exact) mass is 323 g/mol. The second kappa shape index (κ2) is 6.44. The van der Waals surface area contributed by atoms with Gasteiger partial charge in [0.1, 0.15) is 11.9 Å². The van der Waals surface area contributed by atoms with Crippen molar-refractivity contribution in [2.75, 3.05) is 13.1 Å². The fourth-order valence-electron chi connectivity index (χ4n) is 2.50. The number of likely N-dealkylation sites (tertiary alicyclic amines) is 1. The fraction of sp³-hybridized carbons (Fsp3) is 0.312. The first-order valence-electron chi connectivity index (χ1n) is 7.06. The third kappa shape index (κ3) is 3.27. The van der Waals surface area contributed by atoms with Crippen molar-refractivity contribution in [1.82, 2.24) is 4.90 Å². The summed E-state index contributed by atoms with van der Waals surface area (Å²) in [6.07, 6.45) is 1.54. The van der Waals surface area contributed by atoms with Gasteiger partial charge in [-0.05, 0) is 29.6 Å². The highest BCUT2D eigenvalue weighted by atomic mass is 32.1. The minimum absolute atomic E-state index is 0.0867. The van der Waals surface area contributed by atoms with E-state index in [1.807, 2.05) is 16.8 Å². The van der Waals surface area contributed by atoms with Gasteiger partial charge in [-0.3, -0.25) is 4.79 Å². The molecular weight excluding hydrogens is 308 g/mol. The van der Waals surface area contributed by atoms with Crippen molar-refractivity contribution in [3.05, 3.63) is 52.2 Å². The predicted octanol–water partition coefficient (Wildman–Crippen LogP) is 3.71. The van der Waals surface area contributed by atoms with Crippen molar-refractivity contribution in [1.29, 1.82) is 0 Å². The molecule has 0 unspecified atom stereocenters. The maximum Gasteiger partial charge on any atom is 0.253 e. The molecular formula is C16H15F2NO2S. The van der Waals surface area contributed by atoms with Gasteiger partial charge < -0.3 is 9.64 Å². The lowest BCUT2D eigenvalue weighted by atomic mass is 10.1. The molecule has 1 saturated heterocycles. The minimum atomic E-state index is -0.999. The van der Waals surface area contributed by atoms with Crippen molar-refractivity contribution in [2.45, 2.75) is 18.9 Å². The molecule has 3 rings (SSSR count). The van der Waals surface area contributed by atoms with Crippen molar-refractivity contribution in [3.8, 4) is 5.75 Å². The Labute approximate surface area is 131 Å². The van der Waals surface area contributed by atoms with Crippen LogP contribution in [0, 0.1) is 11.6 Å². The topological polar surface area (TPSA) is 29.5 Å². The Morgan fingerprint density at radius 1 is 1.18 bits per heavy atom. The number of amides is 1. The number of hydrogen-bond acceptors (Lipinski definition) is 3. The summed E-state index contributed by atoms with van der Waals surface area (Å²) in [4.78, 5) is 13.9. The summed E-state index contributed by atoms with van der Waals surface area (Å²) in [5, 5.41) is 3.90. The Balaban J connectivity index is 1.58. The number of carbonyl (C=O) groups is 1. The largest absolute Gasteiger partial charge is 0.489 e. The Morgan fingerprint density at radius 3 is 2.59 bits per heavy atom. The first kappa shape index (κ1) is 15.0. The molecule has 0 spiro atoms. The smallest absolute Gasteiger partial charge is 0.253 e. The maximum atomic E-state index is 13.2. The van der Waals surface area contributed by atoms with Crippen LogP contribution in [0.4, 0.5) is 8.78 Å². The molecule has 0 aliphatic carbocycles. The first-order valence-corrected chi connectivity index (χ1v) is 8.01. The highest BCUT2D eigenvalue weighted by Gasteiger charge is 2.25. The molecule has 6 heteroatoms. The van der Waals surface area contributed by atoms with Gasteiger partial charge in [-0.2, -0.15) is 0 Å². The van der Waals surface area contributed by atoms with Gasteiger partial charge in [-0.1, -0.05) is 0 Å². The second-order valence-electron chi connectivity index (χ2n) is 5.20. The van der Waals surface area contributed by atoms with Gasteiger partial charge in [0.2, 0.25) is 0 Å². The molecule has 3 nitrogen and oxygen atoms in total. The number of thiophene rings is 1. The summed E-state index contributed by atoms with van der Waals surface area (Å²) < 4.78 is 32.0. The molecule has 0 bridgehead atoms. The molecule has 1 aliphatic rings. The molecule has 0 N–H and O–H groups in total. The fourth-order valence-corrected chi connectivity index (χ4v) is 3.06. The van der Waals surface area contributed by atoms with Crippen LogP contribution in [0.15, 0.2) is 35.0 Å². The molecule has 1 aliphatic heterocycles. The lowest BCUT2D eigenvalue weighted by Crippen LogP contribution is -2.41. The maximum absolute atomic E-state index is 13.2. The first-order chi connectivity index (χ1) is 10.6. The van der Waals surface area contributed by atoms with Crippen LogP contribution in [0.2, 0.25) is 0 Å². The number of ether oxygens (including phenoxy) is 1. The number of hydrogen-bond donors (Lipinski definition) is 0. The lowest BCUT2D eigenvalue weighted by molar-refractivity contribution is 0.0596. The quantitative estimate of drug-likeness (QED) is 0.862. The number of rotatable bonds is 3. The lowest BCUT2D eigenvalue weighted by Gasteiger charge is -2.32. The Kier molecular flexibility index (Phi) is 4.38. The number of benzene rings is 1. The number of nitrogens with zero attached hydrogens (tertiary/aromatic N) is 1. The zero-order valence-electron chi connectivity index (χ0n) is 11.8. The van der Waals surface area contributed by atoms with Gasteiger partial charge in [0, 0.05) is 36.9 Å². The zero-order chi connectivity index (χ0) is 15.5. The third-order valence-electron chi connectivity index (χ3n) is 3.69. The van der Waals surface area contributed by atoms with Gasteiger partial charge in [0.05, 0.1) is 0 Å². The SMILES string of the molecule is O=C(c1ccc(F)c(F)c1)N1CCC(Oc2ccsc2)CC1. The van der Waals surface area contributed by atoms with E-state index in [1.165, 1.54) is 6.07 Å². The van der Waals surface area contributed by atoms with Gasteiger partial charge >= 0.3 is 0 Å². The summed E-state index contributed by atoms with van der Waals surface area (Å²) in [7, 11) is 0. The van der Waals surface area contributed by atoms with Gasteiger partial charge in [-0.25, -0.2) is 8.78 Å². The average Bonchev–Trinajstić information content (AvgIpc) is 3.03. The van der Waals surface area contributed by atoms with Crippen LogP contribution in [0.25, 0.3) is 0 Å². The van der Waals surface area contributed by atoms with E-state index in [-0.39, 0.29) is 17.6 Å². The highest BCUT2D eigenvalue weighted by molar-refractivity contribution is 7.08. The van der Waals surface area contributed by atoms with Crippen LogP contribution in [0.1, 0.15) is 23.2 Å². The van der Waals surface area contributed by atoms with E-state index in [1.54, 1.807) is 16.2 Å². The zero-order valence-corrected chi connectivity index (χ0v) is 12.6. The Hall–Kier alpha value is -1.95. The number of carbonyl (C=O) groups excluding carboxylic acids is 1. The Morgan fingerprint density at radius 2 is 1.95 bits per heavy atom. The van der Waals surface area contributed by atoms with Crippen LogP contribution >= 0.6 is 11.3 Å². The number of piperidine rings is 1. The summed E-state index contributed by atoms with van der Waals surface area (Å²) in [5.41, 5.74) is 0.177. The van der Waals surface area contributed by atoms with Crippen molar-refractivity contribution in [2.24, 2.45) is 0 Å². The normalized spacial score (nSPS) is 15.8. The van der Waals surface area contributed by atoms with E-state index < -0.39 is 11.6 Å². The molecule has 1 aromatic carbocycles. The van der Waals surface area contributed by atoms with Crippen molar-refractivity contribution >= 4 is 17.2 Å². The summed E-state index contributed by atoms with van der Waals surface area (Å²) >= 11 is 1.58. The second-order valence-corrected chi connectivity index (χ2v) is 5.98. The van der Waals surface area contributed by atoms with Crippen LogP contribution in [-0.2, 0) is 0 Å². The Bertz CT molecular complexity index is 652. The van der Waals surface area contributed by atoms with Gasteiger partial charge in [0.15, 0.2) is 11.6 Å². The van der Waals surface area contributed by atoms with Crippen LogP contribution in [0.5, 0.6) is 5.75 Å². The molecule has 1 aromatic heterocycles. The molecule has 116 valence electrons. The molecule has 22 heavy (non-hydrogen) atoms.